The highest BCUT2D eigenvalue weighted by atomic mass is 35.5. The Kier molecular flexibility index (Phi) is 6.31. The largest absolute Gasteiger partial charge is 0.478 e. The number of nitrogens with one attached hydrogen (secondary N) is 1. The van der Waals surface area contributed by atoms with Gasteiger partial charge in [-0.3, -0.25) is 14.2 Å². The monoisotopic (exact) mass is 435 g/mol. The number of ether oxygens (including phenoxy) is 1. The number of carboxylic acid groups (broad SMARTS) is 1. The third-order valence-corrected chi connectivity index (χ3v) is 5.48. The van der Waals surface area contributed by atoms with Crippen molar-refractivity contribution in [1.29, 1.82) is 0 Å². The number of carboxylic acids is 1. The smallest absolute Gasteiger partial charge is 0.337 e. The van der Waals surface area contributed by atoms with E-state index in [1.165, 1.54) is 17.1 Å². The second kappa shape index (κ2) is 8.73. The molecule has 0 aliphatic carbocycles. The van der Waals surface area contributed by atoms with Crippen LogP contribution in [0.5, 0.6) is 0 Å². The summed E-state index contributed by atoms with van der Waals surface area (Å²) in [6, 6.07) is 5.63. The van der Waals surface area contributed by atoms with Gasteiger partial charge in [0.2, 0.25) is 5.91 Å². The number of carbonyl (C=O) groups excluding carboxylic acids is 1. The van der Waals surface area contributed by atoms with Gasteiger partial charge in [0.1, 0.15) is 16.7 Å². The second-order valence-corrected chi connectivity index (χ2v) is 7.55. The minimum Gasteiger partial charge on any atom is -0.478 e. The first kappa shape index (κ1) is 21.0. The summed E-state index contributed by atoms with van der Waals surface area (Å²) in [7, 11) is 1.52. The highest BCUT2D eigenvalue weighted by molar-refractivity contribution is 7.17. The van der Waals surface area contributed by atoms with E-state index in [0.29, 0.717) is 34.4 Å². The van der Waals surface area contributed by atoms with E-state index in [1.54, 1.807) is 31.2 Å². The standard InChI is InChI=1S/C19H18ClN3O5S/c1-10(16(24)21-12-5-3-11(20)4-6-12)23-14(7-8-28-2)22-17-15(18(23)25)13(9-29-17)19(26)27/h3-6,9-10H,7-8H2,1-2H3,(H,21,24)(H,26,27). The third-order valence-electron chi connectivity index (χ3n) is 4.35. The van der Waals surface area contributed by atoms with Crippen LogP contribution in [0.3, 0.4) is 0 Å². The van der Waals surface area contributed by atoms with Crippen LogP contribution in [-0.4, -0.2) is 40.3 Å². The van der Waals surface area contributed by atoms with Crippen molar-refractivity contribution in [3.8, 4) is 0 Å². The molecule has 29 heavy (non-hydrogen) atoms. The number of halogens is 1. The highest BCUT2D eigenvalue weighted by Gasteiger charge is 2.25. The van der Waals surface area contributed by atoms with Crippen molar-refractivity contribution in [3.05, 3.63) is 56.4 Å². The number of hydrogen-bond acceptors (Lipinski definition) is 6. The molecule has 0 bridgehead atoms. The lowest BCUT2D eigenvalue weighted by Crippen LogP contribution is -2.35. The highest BCUT2D eigenvalue weighted by Crippen LogP contribution is 2.24. The van der Waals surface area contributed by atoms with Gasteiger partial charge in [0, 0.05) is 29.6 Å². The van der Waals surface area contributed by atoms with Gasteiger partial charge < -0.3 is 15.2 Å². The average molecular weight is 436 g/mol. The zero-order valence-corrected chi connectivity index (χ0v) is 17.2. The van der Waals surface area contributed by atoms with E-state index >= 15 is 0 Å². The number of hydrogen-bond donors (Lipinski definition) is 2. The maximum atomic E-state index is 13.2. The van der Waals surface area contributed by atoms with Crippen LogP contribution in [0.1, 0.15) is 29.1 Å². The number of benzene rings is 1. The van der Waals surface area contributed by atoms with Crippen LogP contribution in [0, 0.1) is 0 Å². The van der Waals surface area contributed by atoms with E-state index in [4.69, 9.17) is 16.3 Å². The number of amides is 1. The first-order chi connectivity index (χ1) is 13.8. The van der Waals surface area contributed by atoms with E-state index in [9.17, 15) is 19.5 Å². The third kappa shape index (κ3) is 4.31. The zero-order valence-electron chi connectivity index (χ0n) is 15.6. The van der Waals surface area contributed by atoms with Crippen LogP contribution in [0.2, 0.25) is 5.02 Å². The molecule has 3 rings (SSSR count). The number of thiophene rings is 1. The number of aromatic nitrogens is 2. The predicted octanol–water partition coefficient (Wildman–Crippen LogP) is 3.20. The average Bonchev–Trinajstić information content (AvgIpc) is 3.12. The van der Waals surface area contributed by atoms with E-state index < -0.39 is 23.5 Å². The lowest BCUT2D eigenvalue weighted by atomic mass is 10.2. The Labute approximate surface area is 174 Å². The topological polar surface area (TPSA) is 111 Å². The van der Waals surface area contributed by atoms with Crippen molar-refractivity contribution in [2.24, 2.45) is 0 Å². The van der Waals surface area contributed by atoms with Crippen LogP contribution >= 0.6 is 22.9 Å². The van der Waals surface area contributed by atoms with E-state index in [-0.39, 0.29) is 10.9 Å². The summed E-state index contributed by atoms with van der Waals surface area (Å²) < 4.78 is 6.31. The van der Waals surface area contributed by atoms with Crippen LogP contribution in [0.25, 0.3) is 10.2 Å². The van der Waals surface area contributed by atoms with Crippen molar-refractivity contribution in [2.75, 3.05) is 19.0 Å². The van der Waals surface area contributed by atoms with E-state index in [1.807, 2.05) is 0 Å². The molecule has 0 fully saturated rings. The summed E-state index contributed by atoms with van der Waals surface area (Å²) >= 11 is 6.93. The summed E-state index contributed by atoms with van der Waals surface area (Å²) in [5.41, 5.74) is -0.174. The Hall–Kier alpha value is -2.75. The maximum absolute atomic E-state index is 13.2. The quantitative estimate of drug-likeness (QED) is 0.589. The summed E-state index contributed by atoms with van der Waals surface area (Å²) in [6.45, 7) is 1.85. The molecule has 0 saturated carbocycles. The number of rotatable bonds is 7. The van der Waals surface area contributed by atoms with Crippen molar-refractivity contribution in [2.45, 2.75) is 19.4 Å². The van der Waals surface area contributed by atoms with Crippen molar-refractivity contribution in [3.63, 3.8) is 0 Å². The van der Waals surface area contributed by atoms with Gasteiger partial charge in [-0.05, 0) is 31.2 Å². The SMILES string of the molecule is COCCc1nc2scc(C(=O)O)c2c(=O)n1C(C)C(=O)Nc1ccc(Cl)cc1. The fraction of sp³-hybridized carbons (Fsp3) is 0.263. The van der Waals surface area contributed by atoms with Gasteiger partial charge in [-0.25, -0.2) is 9.78 Å². The lowest BCUT2D eigenvalue weighted by molar-refractivity contribution is -0.119. The zero-order chi connectivity index (χ0) is 21.1. The van der Waals surface area contributed by atoms with Gasteiger partial charge in [0.25, 0.3) is 5.56 Å². The molecule has 3 aromatic rings. The molecule has 1 atom stereocenters. The molecule has 1 amide bonds. The van der Waals surface area contributed by atoms with E-state index in [0.717, 1.165) is 11.3 Å². The minimum absolute atomic E-state index is 0.00481. The molecule has 2 heterocycles. The molecule has 0 aliphatic heterocycles. The Morgan fingerprint density at radius 1 is 1.34 bits per heavy atom. The number of aromatic carboxylic acids is 1. The summed E-state index contributed by atoms with van der Waals surface area (Å²) in [5.74, 6) is -1.31. The van der Waals surface area contributed by atoms with Gasteiger partial charge in [-0.15, -0.1) is 11.3 Å². The second-order valence-electron chi connectivity index (χ2n) is 6.25. The molecule has 1 aromatic carbocycles. The first-order valence-electron chi connectivity index (χ1n) is 8.64. The van der Waals surface area contributed by atoms with E-state index in [2.05, 4.69) is 10.3 Å². The minimum atomic E-state index is -1.22. The molecule has 2 aromatic heterocycles. The molecular formula is C19H18ClN3O5S. The lowest BCUT2D eigenvalue weighted by Gasteiger charge is -2.19. The van der Waals surface area contributed by atoms with Crippen molar-refractivity contribution >= 4 is 50.7 Å². The molecule has 0 aliphatic rings. The fourth-order valence-corrected chi connectivity index (χ4v) is 3.92. The van der Waals surface area contributed by atoms with Crippen LogP contribution in [0.4, 0.5) is 5.69 Å². The molecular weight excluding hydrogens is 418 g/mol. The number of anilines is 1. The number of methoxy groups -OCH3 is 1. The van der Waals surface area contributed by atoms with Crippen molar-refractivity contribution in [1.82, 2.24) is 9.55 Å². The summed E-state index contributed by atoms with van der Waals surface area (Å²) in [5, 5.41) is 14.0. The molecule has 0 saturated heterocycles. The van der Waals surface area contributed by atoms with Gasteiger partial charge >= 0.3 is 5.97 Å². The Morgan fingerprint density at radius 2 is 2.03 bits per heavy atom. The van der Waals surface area contributed by atoms with Crippen LogP contribution < -0.4 is 10.9 Å². The molecule has 10 heteroatoms. The fourth-order valence-electron chi connectivity index (χ4n) is 2.87. The van der Waals surface area contributed by atoms with Gasteiger partial charge in [0.05, 0.1) is 17.6 Å². The van der Waals surface area contributed by atoms with Gasteiger partial charge in [0.15, 0.2) is 0 Å². The number of carbonyl (C=O) groups is 2. The molecule has 8 nitrogen and oxygen atoms in total. The maximum Gasteiger partial charge on any atom is 0.337 e. The molecule has 152 valence electrons. The predicted molar refractivity (Wildman–Crippen MR) is 111 cm³/mol. The summed E-state index contributed by atoms with van der Waals surface area (Å²) in [6.07, 6.45) is 0.292. The Balaban J connectivity index is 2.06. The van der Waals surface area contributed by atoms with Crippen LogP contribution in [-0.2, 0) is 16.0 Å². The molecule has 0 radical (unpaired) electrons. The van der Waals surface area contributed by atoms with Gasteiger partial charge in [-0.1, -0.05) is 11.6 Å². The molecule has 1 unspecified atom stereocenters. The Morgan fingerprint density at radius 3 is 2.66 bits per heavy atom. The number of fused-ring (bicyclic) bond motifs is 1. The first-order valence-corrected chi connectivity index (χ1v) is 9.90. The number of nitrogens with zero attached hydrogens (tertiary/aromatic N) is 2. The molecule has 2 N–H and O–H groups in total. The molecule has 0 spiro atoms. The van der Waals surface area contributed by atoms with Crippen molar-refractivity contribution < 1.29 is 19.4 Å². The normalized spacial score (nSPS) is 12.1. The summed E-state index contributed by atoms with van der Waals surface area (Å²) in [4.78, 5) is 42.2. The van der Waals surface area contributed by atoms with Crippen LogP contribution in [0.15, 0.2) is 34.4 Å². The van der Waals surface area contributed by atoms with Gasteiger partial charge in [-0.2, -0.15) is 0 Å². The Bertz CT molecular complexity index is 1120.